The summed E-state index contributed by atoms with van der Waals surface area (Å²) in [6.45, 7) is 1.29. The number of ether oxygens (including phenoxy) is 1. The summed E-state index contributed by atoms with van der Waals surface area (Å²) in [7, 11) is 0. The van der Waals surface area contributed by atoms with Crippen LogP contribution in [0.25, 0.3) is 0 Å². The molecule has 7 nitrogen and oxygen atoms in total. The van der Waals surface area contributed by atoms with Crippen molar-refractivity contribution < 1.29 is 22.7 Å². The van der Waals surface area contributed by atoms with E-state index in [0.717, 1.165) is 0 Å². The predicted molar refractivity (Wildman–Crippen MR) is 95.6 cm³/mol. The normalized spacial score (nSPS) is 11.5. The fraction of sp³-hybridized carbons (Fsp3) is 0.188. The monoisotopic (exact) mass is 433 g/mol. The maximum atomic E-state index is 12.9. The molecule has 0 spiro atoms. The van der Waals surface area contributed by atoms with Gasteiger partial charge in [0.1, 0.15) is 5.75 Å². The van der Waals surface area contributed by atoms with Crippen LogP contribution in [0.4, 0.5) is 18.9 Å². The molecule has 0 unspecified atom stereocenters. The lowest BCUT2D eigenvalue weighted by Crippen LogP contribution is -2.17. The number of benzene rings is 1. The number of hydrogen-bond donors (Lipinski definition) is 2. The highest BCUT2D eigenvalue weighted by Crippen LogP contribution is 2.34. The van der Waals surface area contributed by atoms with E-state index < -0.39 is 23.5 Å². The van der Waals surface area contributed by atoms with Crippen LogP contribution in [-0.2, 0) is 12.9 Å². The first-order valence-corrected chi connectivity index (χ1v) is 8.45. The third kappa shape index (κ3) is 4.39. The lowest BCUT2D eigenvalue weighted by Gasteiger charge is -2.09. The lowest BCUT2D eigenvalue weighted by molar-refractivity contribution is -0.140. The van der Waals surface area contributed by atoms with Crippen molar-refractivity contribution in [1.82, 2.24) is 20.0 Å². The first-order valence-electron chi connectivity index (χ1n) is 7.70. The van der Waals surface area contributed by atoms with E-state index in [0.29, 0.717) is 15.8 Å². The molecule has 0 saturated heterocycles. The maximum absolute atomic E-state index is 12.9. The molecule has 0 aliphatic rings. The van der Waals surface area contributed by atoms with E-state index in [1.54, 1.807) is 12.1 Å². The van der Waals surface area contributed by atoms with Crippen molar-refractivity contribution in [3.05, 3.63) is 57.6 Å². The van der Waals surface area contributed by atoms with Crippen LogP contribution in [0, 0.1) is 6.92 Å². The number of nitrogens with one attached hydrogen (secondary N) is 2. The molecule has 0 saturated carbocycles. The van der Waals surface area contributed by atoms with E-state index in [2.05, 4.69) is 20.6 Å². The van der Waals surface area contributed by atoms with Crippen LogP contribution in [0.5, 0.6) is 5.75 Å². The summed E-state index contributed by atoms with van der Waals surface area (Å²) in [6.07, 6.45) is -3.27. The highest BCUT2D eigenvalue weighted by atomic mass is 35.5. The number of H-pyrrole nitrogens is 1. The molecule has 0 aliphatic heterocycles. The van der Waals surface area contributed by atoms with Gasteiger partial charge in [-0.2, -0.15) is 23.4 Å². The maximum Gasteiger partial charge on any atom is 0.437 e. The van der Waals surface area contributed by atoms with Crippen molar-refractivity contribution >= 4 is 34.8 Å². The van der Waals surface area contributed by atoms with Crippen LogP contribution in [-0.4, -0.2) is 25.9 Å². The molecule has 2 N–H and O–H groups in total. The number of aromatic nitrogens is 4. The fourth-order valence-corrected chi connectivity index (χ4v) is 2.71. The van der Waals surface area contributed by atoms with Crippen LogP contribution < -0.4 is 10.1 Å². The average molecular weight is 434 g/mol. The van der Waals surface area contributed by atoms with Gasteiger partial charge in [-0.1, -0.05) is 23.2 Å². The van der Waals surface area contributed by atoms with E-state index in [1.165, 1.54) is 29.9 Å². The third-order valence-electron chi connectivity index (χ3n) is 3.57. The minimum atomic E-state index is -4.71. The molecule has 0 atom stereocenters. The second-order valence-corrected chi connectivity index (χ2v) is 6.46. The Labute approximate surface area is 166 Å². The van der Waals surface area contributed by atoms with Crippen molar-refractivity contribution in [3.8, 4) is 5.75 Å². The van der Waals surface area contributed by atoms with Crippen LogP contribution in [0.3, 0.4) is 0 Å². The number of aryl methyl sites for hydroxylation is 1. The smallest absolute Gasteiger partial charge is 0.437 e. The van der Waals surface area contributed by atoms with Crippen molar-refractivity contribution in [1.29, 1.82) is 0 Å². The molecule has 3 aromatic rings. The molecule has 2 heterocycles. The Kier molecular flexibility index (Phi) is 5.52. The summed E-state index contributed by atoms with van der Waals surface area (Å²) in [4.78, 5) is 12.3. The molecule has 0 radical (unpaired) electrons. The largest absolute Gasteiger partial charge is 0.470 e. The Bertz CT molecular complexity index is 1020. The fourth-order valence-electron chi connectivity index (χ4n) is 2.25. The Morgan fingerprint density at radius 2 is 2.07 bits per heavy atom. The van der Waals surface area contributed by atoms with Crippen LogP contribution >= 0.6 is 23.2 Å². The summed E-state index contributed by atoms with van der Waals surface area (Å²) in [6, 6.07) is 6.01. The van der Waals surface area contributed by atoms with Crippen molar-refractivity contribution in [2.24, 2.45) is 0 Å². The van der Waals surface area contributed by atoms with Crippen molar-refractivity contribution in [3.63, 3.8) is 0 Å². The number of hydrogen-bond acceptors (Lipinski definition) is 4. The van der Waals surface area contributed by atoms with E-state index >= 15 is 0 Å². The third-order valence-corrected chi connectivity index (χ3v) is 4.10. The van der Waals surface area contributed by atoms with Gasteiger partial charge in [0.15, 0.2) is 18.1 Å². The molecule has 1 amide bonds. The molecular formula is C16H12Cl2F3N5O2. The Balaban J connectivity index is 1.69. The summed E-state index contributed by atoms with van der Waals surface area (Å²) < 4.78 is 45.6. The lowest BCUT2D eigenvalue weighted by atomic mass is 10.2. The van der Waals surface area contributed by atoms with Crippen LogP contribution in [0.2, 0.25) is 10.0 Å². The first kappa shape index (κ1) is 20.0. The molecular weight excluding hydrogens is 422 g/mol. The summed E-state index contributed by atoms with van der Waals surface area (Å²) in [5.74, 6) is -0.463. The number of carbonyl (C=O) groups is 1. The van der Waals surface area contributed by atoms with Crippen molar-refractivity contribution in [2.45, 2.75) is 19.8 Å². The van der Waals surface area contributed by atoms with Gasteiger partial charge in [-0.15, -0.1) is 0 Å². The standard InChI is InChI=1S/C16H12Cl2F3N5O2/c1-8-13(14(24-23-8)16(19,20)21)22-15(27)11-4-5-26(25-11)7-28-12-3-2-9(17)6-10(12)18/h2-6H,7H2,1H3,(H,22,27)(H,23,24). The van der Waals surface area contributed by atoms with E-state index in [-0.39, 0.29) is 18.1 Å². The quantitative estimate of drug-likeness (QED) is 0.618. The summed E-state index contributed by atoms with van der Waals surface area (Å²) >= 11 is 11.8. The second-order valence-electron chi connectivity index (χ2n) is 5.61. The number of anilines is 1. The van der Waals surface area contributed by atoms with Gasteiger partial charge in [0.25, 0.3) is 5.91 Å². The summed E-state index contributed by atoms with van der Waals surface area (Å²) in [5, 5.41) is 12.3. The zero-order valence-corrected chi connectivity index (χ0v) is 15.7. The van der Waals surface area contributed by atoms with Gasteiger partial charge in [0.2, 0.25) is 0 Å². The Morgan fingerprint density at radius 3 is 2.75 bits per heavy atom. The van der Waals surface area contributed by atoms with E-state index in [1.807, 2.05) is 0 Å². The average Bonchev–Trinajstić information content (AvgIpc) is 3.21. The van der Waals surface area contributed by atoms with Crippen LogP contribution in [0.15, 0.2) is 30.5 Å². The van der Waals surface area contributed by atoms with Gasteiger partial charge < -0.3 is 10.1 Å². The first-order chi connectivity index (χ1) is 13.1. The second kappa shape index (κ2) is 7.72. The number of carbonyl (C=O) groups excluding carboxylic acids is 1. The van der Waals surface area contributed by atoms with Gasteiger partial charge in [0, 0.05) is 11.2 Å². The number of rotatable bonds is 5. The Morgan fingerprint density at radius 1 is 1.32 bits per heavy atom. The highest BCUT2D eigenvalue weighted by molar-refractivity contribution is 6.35. The highest BCUT2D eigenvalue weighted by Gasteiger charge is 2.38. The molecule has 3 rings (SSSR count). The number of amides is 1. The number of halogens is 5. The number of aromatic amines is 1. The van der Waals surface area contributed by atoms with Gasteiger partial charge >= 0.3 is 6.18 Å². The van der Waals surface area contributed by atoms with Gasteiger partial charge in [0.05, 0.1) is 16.4 Å². The number of nitrogens with zero attached hydrogens (tertiary/aromatic N) is 3. The zero-order valence-electron chi connectivity index (χ0n) is 14.1. The van der Waals surface area contributed by atoms with Gasteiger partial charge in [-0.25, -0.2) is 4.68 Å². The molecule has 12 heteroatoms. The molecule has 28 heavy (non-hydrogen) atoms. The molecule has 0 bridgehead atoms. The van der Waals surface area contributed by atoms with Crippen molar-refractivity contribution in [2.75, 3.05) is 5.32 Å². The van der Waals surface area contributed by atoms with E-state index in [4.69, 9.17) is 27.9 Å². The molecule has 0 fully saturated rings. The van der Waals surface area contributed by atoms with E-state index in [9.17, 15) is 18.0 Å². The number of alkyl halides is 3. The molecule has 2 aromatic heterocycles. The zero-order chi connectivity index (χ0) is 20.5. The molecule has 0 aliphatic carbocycles. The topological polar surface area (TPSA) is 84.8 Å². The predicted octanol–water partition coefficient (Wildman–Crippen LogP) is 4.53. The minimum Gasteiger partial charge on any atom is -0.470 e. The van der Waals surface area contributed by atoms with Gasteiger partial charge in [-0.3, -0.25) is 9.89 Å². The van der Waals surface area contributed by atoms with Gasteiger partial charge in [-0.05, 0) is 31.2 Å². The molecule has 1 aromatic carbocycles. The summed E-state index contributed by atoms with van der Waals surface area (Å²) in [5.41, 5.74) is -1.69. The van der Waals surface area contributed by atoms with Crippen LogP contribution in [0.1, 0.15) is 21.9 Å². The SMILES string of the molecule is Cc1[nH]nc(C(F)(F)F)c1NC(=O)c1ccn(COc2ccc(Cl)cc2Cl)n1. The molecule has 148 valence electrons. The minimum absolute atomic E-state index is 0.0702. The Hall–Kier alpha value is -2.72.